The topological polar surface area (TPSA) is 80.0 Å². The molecule has 138 valence electrons. The lowest BCUT2D eigenvalue weighted by Crippen LogP contribution is -2.44. The minimum atomic E-state index is -1.08. The number of aryl methyl sites for hydroxylation is 1. The summed E-state index contributed by atoms with van der Waals surface area (Å²) in [4.78, 5) is 26.2. The van der Waals surface area contributed by atoms with Gasteiger partial charge >= 0.3 is 5.97 Å². The predicted octanol–water partition coefficient (Wildman–Crippen LogP) is 3.70. The molecular weight excluding hydrogens is 334 g/mol. The molecule has 2 atom stereocenters. The molecule has 0 aliphatic carbocycles. The minimum absolute atomic E-state index is 0.0411. The summed E-state index contributed by atoms with van der Waals surface area (Å²) in [7, 11) is 1.63. The standard InChI is InChI=1S/C20H23NO5/c1-5-17-16(20(23)24)10-18(26-17)19(22)21-11(2)8-13-9-14(25-4)6-7-15(13)12(21)3/h6-7,9-12H,5,8H2,1-4H3,(H,23,24). The zero-order valence-corrected chi connectivity index (χ0v) is 15.4. The molecule has 1 N–H and O–H groups in total. The highest BCUT2D eigenvalue weighted by atomic mass is 16.5. The van der Waals surface area contributed by atoms with Crippen LogP contribution in [0.1, 0.15) is 64.6 Å². The Balaban J connectivity index is 1.96. The summed E-state index contributed by atoms with van der Waals surface area (Å²) in [5.41, 5.74) is 2.28. The maximum absolute atomic E-state index is 13.1. The molecule has 0 bridgehead atoms. The molecule has 3 rings (SSSR count). The third-order valence-corrected chi connectivity index (χ3v) is 5.01. The SMILES string of the molecule is CCc1oc(C(=O)N2C(C)Cc3cc(OC)ccc3C2C)cc1C(=O)O. The van der Waals surface area contributed by atoms with Crippen molar-refractivity contribution in [1.29, 1.82) is 0 Å². The van der Waals surface area contributed by atoms with E-state index in [1.54, 1.807) is 18.9 Å². The number of hydrogen-bond acceptors (Lipinski definition) is 4. The van der Waals surface area contributed by atoms with Gasteiger partial charge in [0.15, 0.2) is 5.76 Å². The molecule has 0 spiro atoms. The minimum Gasteiger partial charge on any atom is -0.497 e. The Morgan fingerprint density at radius 2 is 2.04 bits per heavy atom. The average molecular weight is 357 g/mol. The van der Waals surface area contributed by atoms with Crippen molar-refractivity contribution in [3.63, 3.8) is 0 Å². The van der Waals surface area contributed by atoms with Crippen LogP contribution in [-0.2, 0) is 12.8 Å². The van der Waals surface area contributed by atoms with Crippen LogP contribution in [0.2, 0.25) is 0 Å². The Hall–Kier alpha value is -2.76. The van der Waals surface area contributed by atoms with Crippen LogP contribution in [0.15, 0.2) is 28.7 Å². The van der Waals surface area contributed by atoms with E-state index >= 15 is 0 Å². The van der Waals surface area contributed by atoms with Crippen molar-refractivity contribution in [3.05, 3.63) is 52.5 Å². The molecule has 26 heavy (non-hydrogen) atoms. The van der Waals surface area contributed by atoms with Crippen molar-refractivity contribution in [2.45, 2.75) is 45.7 Å². The maximum atomic E-state index is 13.1. The first-order valence-corrected chi connectivity index (χ1v) is 8.72. The zero-order valence-electron chi connectivity index (χ0n) is 15.4. The highest BCUT2D eigenvalue weighted by Crippen LogP contribution is 2.36. The molecule has 1 aliphatic rings. The first kappa shape index (κ1) is 18.0. The van der Waals surface area contributed by atoms with Gasteiger partial charge in [0.1, 0.15) is 17.1 Å². The molecule has 6 heteroatoms. The number of rotatable bonds is 4. The van der Waals surface area contributed by atoms with E-state index in [0.717, 1.165) is 16.9 Å². The van der Waals surface area contributed by atoms with Gasteiger partial charge in [0.05, 0.1) is 13.2 Å². The highest BCUT2D eigenvalue weighted by molar-refractivity contribution is 5.96. The number of hydrogen-bond donors (Lipinski definition) is 1. The number of fused-ring (bicyclic) bond motifs is 1. The highest BCUT2D eigenvalue weighted by Gasteiger charge is 2.35. The molecule has 0 radical (unpaired) electrons. The normalized spacial score (nSPS) is 19.2. The van der Waals surface area contributed by atoms with Crippen molar-refractivity contribution in [3.8, 4) is 5.75 Å². The van der Waals surface area contributed by atoms with Crippen molar-refractivity contribution >= 4 is 11.9 Å². The molecule has 6 nitrogen and oxygen atoms in total. The second-order valence-corrected chi connectivity index (χ2v) is 6.61. The van der Waals surface area contributed by atoms with Gasteiger partial charge in [-0.15, -0.1) is 0 Å². The van der Waals surface area contributed by atoms with Crippen LogP contribution in [0, 0.1) is 0 Å². The largest absolute Gasteiger partial charge is 0.497 e. The number of carboxylic acids is 1. The fourth-order valence-corrected chi connectivity index (χ4v) is 3.72. The molecule has 2 unspecified atom stereocenters. The van der Waals surface area contributed by atoms with E-state index < -0.39 is 5.97 Å². The molecule has 0 saturated heterocycles. The lowest BCUT2D eigenvalue weighted by molar-refractivity contribution is 0.0545. The number of amides is 1. The third-order valence-electron chi connectivity index (χ3n) is 5.01. The fourth-order valence-electron chi connectivity index (χ4n) is 3.72. The number of nitrogens with zero attached hydrogens (tertiary/aromatic N) is 1. The van der Waals surface area contributed by atoms with Gasteiger partial charge < -0.3 is 19.2 Å². The molecule has 0 saturated carbocycles. The quantitative estimate of drug-likeness (QED) is 0.902. The number of carbonyl (C=O) groups excluding carboxylic acids is 1. The van der Waals surface area contributed by atoms with Gasteiger partial charge in [0.2, 0.25) is 0 Å². The van der Waals surface area contributed by atoms with Gasteiger partial charge in [-0.1, -0.05) is 13.0 Å². The summed E-state index contributed by atoms with van der Waals surface area (Å²) in [6.45, 7) is 5.76. The summed E-state index contributed by atoms with van der Waals surface area (Å²) < 4.78 is 10.9. The Bertz CT molecular complexity index is 854. The van der Waals surface area contributed by atoms with E-state index in [1.165, 1.54) is 6.07 Å². The van der Waals surface area contributed by atoms with Crippen molar-refractivity contribution in [1.82, 2.24) is 4.90 Å². The Morgan fingerprint density at radius 1 is 1.31 bits per heavy atom. The lowest BCUT2D eigenvalue weighted by Gasteiger charge is -2.40. The van der Waals surface area contributed by atoms with E-state index in [2.05, 4.69) is 0 Å². The number of aromatic carboxylic acids is 1. The van der Waals surface area contributed by atoms with Crippen LogP contribution in [0.5, 0.6) is 5.75 Å². The van der Waals surface area contributed by atoms with E-state index in [0.29, 0.717) is 18.6 Å². The first-order valence-electron chi connectivity index (χ1n) is 8.72. The summed E-state index contributed by atoms with van der Waals surface area (Å²) in [6.07, 6.45) is 1.12. The Morgan fingerprint density at radius 3 is 2.62 bits per heavy atom. The molecule has 0 fully saturated rings. The Labute approximate surface area is 152 Å². The van der Waals surface area contributed by atoms with E-state index in [9.17, 15) is 14.7 Å². The smallest absolute Gasteiger partial charge is 0.339 e. The molecule has 2 heterocycles. The molecular formula is C20H23NO5. The molecule has 1 aromatic heterocycles. The lowest BCUT2D eigenvalue weighted by atomic mass is 9.89. The number of benzene rings is 1. The number of ether oxygens (including phenoxy) is 1. The van der Waals surface area contributed by atoms with Crippen LogP contribution in [0.3, 0.4) is 0 Å². The van der Waals surface area contributed by atoms with Gasteiger partial charge in [0.25, 0.3) is 5.91 Å². The van der Waals surface area contributed by atoms with Crippen LogP contribution in [0.25, 0.3) is 0 Å². The van der Waals surface area contributed by atoms with Gasteiger partial charge in [-0.25, -0.2) is 4.79 Å². The summed E-state index contributed by atoms with van der Waals surface area (Å²) in [6, 6.07) is 7.03. The molecule has 1 aliphatic heterocycles. The Kier molecular flexibility index (Phi) is 4.76. The van der Waals surface area contributed by atoms with Gasteiger partial charge in [-0.05, 0) is 43.5 Å². The van der Waals surface area contributed by atoms with E-state index in [4.69, 9.17) is 9.15 Å². The van der Waals surface area contributed by atoms with Crippen molar-refractivity contribution < 1.29 is 23.8 Å². The summed E-state index contributed by atoms with van der Waals surface area (Å²) in [5, 5.41) is 9.29. The van der Waals surface area contributed by atoms with Crippen LogP contribution in [-0.4, -0.2) is 35.0 Å². The van der Waals surface area contributed by atoms with Gasteiger partial charge in [-0.2, -0.15) is 0 Å². The number of methoxy groups -OCH3 is 1. The molecule has 2 aromatic rings. The van der Waals surface area contributed by atoms with Gasteiger partial charge in [0, 0.05) is 18.5 Å². The van der Waals surface area contributed by atoms with Crippen molar-refractivity contribution in [2.24, 2.45) is 0 Å². The second-order valence-electron chi connectivity index (χ2n) is 6.61. The predicted molar refractivity (Wildman–Crippen MR) is 95.8 cm³/mol. The fraction of sp³-hybridized carbons (Fsp3) is 0.400. The van der Waals surface area contributed by atoms with E-state index in [1.807, 2.05) is 32.0 Å². The number of carboxylic acid groups (broad SMARTS) is 1. The summed E-state index contributed by atoms with van der Waals surface area (Å²) >= 11 is 0. The van der Waals surface area contributed by atoms with E-state index in [-0.39, 0.29) is 29.3 Å². The molecule has 1 amide bonds. The number of carbonyl (C=O) groups is 2. The van der Waals surface area contributed by atoms with Gasteiger partial charge in [-0.3, -0.25) is 4.79 Å². The summed E-state index contributed by atoms with van der Waals surface area (Å²) in [5.74, 6) is -0.165. The first-order chi connectivity index (χ1) is 12.4. The zero-order chi connectivity index (χ0) is 19.0. The monoisotopic (exact) mass is 357 g/mol. The van der Waals surface area contributed by atoms with Crippen LogP contribution < -0.4 is 4.74 Å². The maximum Gasteiger partial charge on any atom is 0.339 e. The van der Waals surface area contributed by atoms with Crippen LogP contribution >= 0.6 is 0 Å². The average Bonchev–Trinajstić information content (AvgIpc) is 3.05. The second kappa shape index (κ2) is 6.86. The van der Waals surface area contributed by atoms with Crippen molar-refractivity contribution in [2.75, 3.05) is 7.11 Å². The number of furan rings is 1. The molecule has 1 aromatic carbocycles. The van der Waals surface area contributed by atoms with Crippen LogP contribution in [0.4, 0.5) is 0 Å². The third kappa shape index (κ3) is 2.96.